The van der Waals surface area contributed by atoms with E-state index in [0.717, 1.165) is 37.7 Å². The van der Waals surface area contributed by atoms with E-state index in [1.807, 2.05) is 6.08 Å². The van der Waals surface area contributed by atoms with Crippen LogP contribution >= 0.6 is 0 Å². The standard InChI is InChI=1S/C21H34O2/c1-3-5-7-13-20(23-21-15-10-11-16-22-21)14-9-6-8-12-19-17-18(19)4-2/h6,8,18-21H,3-5,7,10-13,15-17H2,1-2H3/b8-6-/t18-,19+,20?,21?/m1/s1. The molecule has 0 spiro atoms. The molecular weight excluding hydrogens is 284 g/mol. The molecule has 1 saturated carbocycles. The van der Waals surface area contributed by atoms with Gasteiger partial charge in [0.25, 0.3) is 0 Å². The third-order valence-electron chi connectivity index (χ3n) is 5.00. The molecule has 0 aromatic heterocycles. The van der Waals surface area contributed by atoms with Gasteiger partial charge in [-0.1, -0.05) is 51.0 Å². The summed E-state index contributed by atoms with van der Waals surface area (Å²) >= 11 is 0. The van der Waals surface area contributed by atoms with Crippen LogP contribution < -0.4 is 0 Å². The Hall–Kier alpha value is -0.780. The van der Waals surface area contributed by atoms with Crippen molar-refractivity contribution in [1.82, 2.24) is 0 Å². The summed E-state index contributed by atoms with van der Waals surface area (Å²) in [5.74, 6) is 8.41. The van der Waals surface area contributed by atoms with Crippen molar-refractivity contribution in [3.8, 4) is 11.8 Å². The van der Waals surface area contributed by atoms with Gasteiger partial charge < -0.3 is 9.47 Å². The summed E-state index contributed by atoms with van der Waals surface area (Å²) in [6.07, 6.45) is 16.3. The molecule has 1 aliphatic heterocycles. The van der Waals surface area contributed by atoms with E-state index >= 15 is 0 Å². The predicted molar refractivity (Wildman–Crippen MR) is 96.0 cm³/mol. The topological polar surface area (TPSA) is 18.5 Å². The Balaban J connectivity index is 1.73. The van der Waals surface area contributed by atoms with Crippen LogP contribution in [0.5, 0.6) is 0 Å². The zero-order valence-corrected chi connectivity index (χ0v) is 15.1. The molecule has 4 atom stereocenters. The van der Waals surface area contributed by atoms with E-state index in [0.29, 0.717) is 0 Å². The highest BCUT2D eigenvalue weighted by Crippen LogP contribution is 2.43. The van der Waals surface area contributed by atoms with Crippen molar-refractivity contribution in [1.29, 1.82) is 0 Å². The van der Waals surface area contributed by atoms with Crippen molar-refractivity contribution in [2.75, 3.05) is 6.61 Å². The Morgan fingerprint density at radius 1 is 1.22 bits per heavy atom. The first-order chi connectivity index (χ1) is 11.3. The van der Waals surface area contributed by atoms with Crippen molar-refractivity contribution in [2.45, 2.75) is 90.4 Å². The quantitative estimate of drug-likeness (QED) is 0.414. The minimum absolute atomic E-state index is 0.0265. The van der Waals surface area contributed by atoms with Gasteiger partial charge in [-0.05, 0) is 62.9 Å². The van der Waals surface area contributed by atoms with E-state index in [-0.39, 0.29) is 12.4 Å². The molecule has 2 rings (SSSR count). The van der Waals surface area contributed by atoms with E-state index in [9.17, 15) is 0 Å². The van der Waals surface area contributed by atoms with Crippen molar-refractivity contribution in [2.24, 2.45) is 11.8 Å². The highest BCUT2D eigenvalue weighted by Gasteiger charge is 2.33. The van der Waals surface area contributed by atoms with Crippen LogP contribution in [0.3, 0.4) is 0 Å². The van der Waals surface area contributed by atoms with Crippen molar-refractivity contribution in [3.63, 3.8) is 0 Å². The van der Waals surface area contributed by atoms with E-state index in [1.165, 1.54) is 44.9 Å². The summed E-state index contributed by atoms with van der Waals surface area (Å²) < 4.78 is 11.8. The van der Waals surface area contributed by atoms with Gasteiger partial charge in [0, 0.05) is 6.61 Å². The van der Waals surface area contributed by atoms with Gasteiger partial charge in [0.15, 0.2) is 6.29 Å². The van der Waals surface area contributed by atoms with Gasteiger partial charge in [-0.3, -0.25) is 0 Å². The van der Waals surface area contributed by atoms with Crippen LogP contribution in [0.1, 0.15) is 78.1 Å². The molecule has 2 fully saturated rings. The summed E-state index contributed by atoms with van der Waals surface area (Å²) in [6.45, 7) is 5.36. The summed E-state index contributed by atoms with van der Waals surface area (Å²) in [4.78, 5) is 0. The lowest BCUT2D eigenvalue weighted by atomic mass is 10.1. The Morgan fingerprint density at radius 3 is 2.83 bits per heavy atom. The minimum Gasteiger partial charge on any atom is -0.353 e. The highest BCUT2D eigenvalue weighted by molar-refractivity contribution is 5.18. The van der Waals surface area contributed by atoms with Crippen LogP contribution in [0.25, 0.3) is 0 Å². The SMILES string of the molecule is CCCCCC(C#C/C=C\C[C@H]1C[C@H]1CC)OC1CCCCO1. The normalized spacial score (nSPS) is 28.3. The molecule has 23 heavy (non-hydrogen) atoms. The maximum absolute atomic E-state index is 6.08. The first-order valence-corrected chi connectivity index (χ1v) is 9.76. The van der Waals surface area contributed by atoms with Gasteiger partial charge in [-0.15, -0.1) is 0 Å². The number of rotatable bonds is 9. The van der Waals surface area contributed by atoms with Gasteiger partial charge in [-0.25, -0.2) is 0 Å². The summed E-state index contributed by atoms with van der Waals surface area (Å²) in [5, 5.41) is 0. The maximum atomic E-state index is 6.08. The fraction of sp³-hybridized carbons (Fsp3) is 0.810. The molecule has 2 aliphatic rings. The van der Waals surface area contributed by atoms with Gasteiger partial charge in [0.2, 0.25) is 0 Å². The molecule has 2 unspecified atom stereocenters. The van der Waals surface area contributed by atoms with Crippen molar-refractivity contribution >= 4 is 0 Å². The Bertz CT molecular complexity index is 398. The number of unbranched alkanes of at least 4 members (excludes halogenated alkanes) is 2. The zero-order chi connectivity index (χ0) is 16.3. The molecule has 0 bridgehead atoms. The first kappa shape index (κ1) is 18.6. The van der Waals surface area contributed by atoms with Crippen LogP contribution in [0.2, 0.25) is 0 Å². The molecule has 0 radical (unpaired) electrons. The summed E-state index contributed by atoms with van der Waals surface area (Å²) in [6, 6.07) is 0. The molecule has 0 N–H and O–H groups in total. The third-order valence-corrected chi connectivity index (χ3v) is 5.00. The second-order valence-electron chi connectivity index (χ2n) is 7.01. The molecule has 2 nitrogen and oxygen atoms in total. The van der Waals surface area contributed by atoms with Gasteiger partial charge in [0.05, 0.1) is 0 Å². The molecule has 1 saturated heterocycles. The van der Waals surface area contributed by atoms with E-state index in [1.54, 1.807) is 0 Å². The Labute approximate surface area is 143 Å². The van der Waals surface area contributed by atoms with Gasteiger partial charge >= 0.3 is 0 Å². The lowest BCUT2D eigenvalue weighted by Gasteiger charge is -2.25. The average Bonchev–Trinajstić information content (AvgIpc) is 3.34. The smallest absolute Gasteiger partial charge is 0.159 e. The van der Waals surface area contributed by atoms with Crippen LogP contribution in [0.15, 0.2) is 12.2 Å². The fourth-order valence-electron chi connectivity index (χ4n) is 3.30. The zero-order valence-electron chi connectivity index (χ0n) is 15.1. The fourth-order valence-corrected chi connectivity index (χ4v) is 3.30. The van der Waals surface area contributed by atoms with Crippen molar-refractivity contribution < 1.29 is 9.47 Å². The van der Waals surface area contributed by atoms with Crippen LogP contribution in [-0.2, 0) is 9.47 Å². The minimum atomic E-state index is -0.0366. The molecule has 1 aliphatic carbocycles. The first-order valence-electron chi connectivity index (χ1n) is 9.76. The van der Waals surface area contributed by atoms with Crippen LogP contribution in [0.4, 0.5) is 0 Å². The van der Waals surface area contributed by atoms with Crippen LogP contribution in [0, 0.1) is 23.7 Å². The van der Waals surface area contributed by atoms with E-state index in [4.69, 9.17) is 9.47 Å². The molecule has 1 heterocycles. The second-order valence-corrected chi connectivity index (χ2v) is 7.01. The van der Waals surface area contributed by atoms with Crippen molar-refractivity contribution in [3.05, 3.63) is 12.2 Å². The number of ether oxygens (including phenoxy) is 2. The summed E-state index contributed by atoms with van der Waals surface area (Å²) in [7, 11) is 0. The van der Waals surface area contributed by atoms with Gasteiger partial charge in [-0.2, -0.15) is 0 Å². The summed E-state index contributed by atoms with van der Waals surface area (Å²) in [5.41, 5.74) is 0. The van der Waals surface area contributed by atoms with E-state index in [2.05, 4.69) is 31.8 Å². The molecular formula is C21H34O2. The van der Waals surface area contributed by atoms with Gasteiger partial charge in [0.1, 0.15) is 6.10 Å². The monoisotopic (exact) mass is 318 g/mol. The molecule has 0 amide bonds. The third kappa shape index (κ3) is 7.55. The predicted octanol–water partition coefficient (Wildman–Crippen LogP) is 5.47. The molecule has 0 aromatic carbocycles. The highest BCUT2D eigenvalue weighted by atomic mass is 16.7. The van der Waals surface area contributed by atoms with E-state index < -0.39 is 0 Å². The Morgan fingerprint density at radius 2 is 2.13 bits per heavy atom. The Kier molecular flexibility index (Phi) is 8.79. The number of hydrogen-bond donors (Lipinski definition) is 0. The number of allylic oxidation sites excluding steroid dienone is 2. The maximum Gasteiger partial charge on any atom is 0.159 e. The molecule has 0 aromatic rings. The number of hydrogen-bond acceptors (Lipinski definition) is 2. The molecule has 2 heteroatoms. The lowest BCUT2D eigenvalue weighted by Crippen LogP contribution is -2.27. The average molecular weight is 319 g/mol. The van der Waals surface area contributed by atoms with Crippen LogP contribution in [-0.4, -0.2) is 19.0 Å². The lowest BCUT2D eigenvalue weighted by molar-refractivity contribution is -0.177. The second kappa shape index (κ2) is 10.9. The largest absolute Gasteiger partial charge is 0.353 e. The molecule has 130 valence electrons.